The number of hydrogen-bond donors (Lipinski definition) is 1. The Hall–Kier alpha value is -1.82. The minimum atomic E-state index is -0.374. The van der Waals surface area contributed by atoms with Crippen molar-refractivity contribution < 1.29 is 4.92 Å². The van der Waals surface area contributed by atoms with E-state index in [1.807, 2.05) is 20.2 Å². The Labute approximate surface area is 114 Å². The molecule has 0 spiro atoms. The zero-order chi connectivity index (χ0) is 14.4. The summed E-state index contributed by atoms with van der Waals surface area (Å²) in [5.74, 6) is 0. The van der Waals surface area contributed by atoms with Gasteiger partial charge in [0.2, 0.25) is 0 Å². The van der Waals surface area contributed by atoms with Gasteiger partial charge in [0, 0.05) is 38.8 Å². The fraction of sp³-hybridized carbons (Fsp3) is 0.538. The first-order valence-electron chi connectivity index (χ1n) is 6.35. The van der Waals surface area contributed by atoms with Gasteiger partial charge in [0.1, 0.15) is 0 Å². The highest BCUT2D eigenvalue weighted by molar-refractivity contribution is 5.72. The van der Waals surface area contributed by atoms with Crippen LogP contribution in [0.25, 0.3) is 0 Å². The topological polar surface area (TPSA) is 61.7 Å². The minimum Gasteiger partial charge on any atom is -0.386 e. The number of hydrogen-bond acceptors (Lipinski definition) is 5. The van der Waals surface area contributed by atoms with Gasteiger partial charge in [0.25, 0.3) is 5.69 Å². The van der Waals surface area contributed by atoms with Crippen molar-refractivity contribution in [3.8, 4) is 0 Å². The van der Waals surface area contributed by atoms with Crippen LogP contribution in [-0.4, -0.2) is 50.6 Å². The summed E-state index contributed by atoms with van der Waals surface area (Å²) in [4.78, 5) is 14.7. The van der Waals surface area contributed by atoms with Crippen molar-refractivity contribution in [2.24, 2.45) is 0 Å². The fourth-order valence-electron chi connectivity index (χ4n) is 1.88. The molecule has 1 rings (SSSR count). The summed E-state index contributed by atoms with van der Waals surface area (Å²) in [5, 5.41) is 13.8. The standard InChI is InChI=1S/C13H22N4O2/c1-5-16(9-8-15(3)4)13-7-6-11(17(18)19)10-12(13)14-2/h6-7,10,14H,5,8-9H2,1-4H3. The zero-order valence-corrected chi connectivity index (χ0v) is 12.0. The van der Waals surface area contributed by atoms with E-state index >= 15 is 0 Å². The summed E-state index contributed by atoms with van der Waals surface area (Å²) >= 11 is 0. The molecule has 0 aliphatic rings. The summed E-state index contributed by atoms with van der Waals surface area (Å²) in [6.45, 7) is 4.76. The van der Waals surface area contributed by atoms with Crippen LogP contribution < -0.4 is 10.2 Å². The molecule has 0 saturated heterocycles. The average molecular weight is 266 g/mol. The van der Waals surface area contributed by atoms with Crippen molar-refractivity contribution in [2.45, 2.75) is 6.92 Å². The van der Waals surface area contributed by atoms with E-state index in [0.717, 1.165) is 31.0 Å². The van der Waals surface area contributed by atoms with E-state index in [-0.39, 0.29) is 10.6 Å². The van der Waals surface area contributed by atoms with Gasteiger partial charge in [-0.2, -0.15) is 0 Å². The molecule has 0 amide bonds. The van der Waals surface area contributed by atoms with Crippen LogP contribution in [0.3, 0.4) is 0 Å². The molecule has 0 aromatic heterocycles. The number of anilines is 2. The Balaban J connectivity index is 2.99. The lowest BCUT2D eigenvalue weighted by Gasteiger charge is -2.26. The Kier molecular flexibility index (Phi) is 5.57. The first kappa shape index (κ1) is 15.2. The van der Waals surface area contributed by atoms with Crippen LogP contribution in [0.4, 0.5) is 17.1 Å². The van der Waals surface area contributed by atoms with Gasteiger partial charge in [0.15, 0.2) is 0 Å². The molecule has 19 heavy (non-hydrogen) atoms. The van der Waals surface area contributed by atoms with Crippen LogP contribution in [0.15, 0.2) is 18.2 Å². The van der Waals surface area contributed by atoms with Gasteiger partial charge in [-0.05, 0) is 27.1 Å². The Morgan fingerprint density at radius 1 is 1.32 bits per heavy atom. The molecule has 6 nitrogen and oxygen atoms in total. The number of nitro groups is 1. The van der Waals surface area contributed by atoms with Crippen LogP contribution in [0.5, 0.6) is 0 Å². The molecule has 0 bridgehead atoms. The van der Waals surface area contributed by atoms with E-state index in [1.54, 1.807) is 19.2 Å². The van der Waals surface area contributed by atoms with Crippen LogP contribution in [0.1, 0.15) is 6.92 Å². The Morgan fingerprint density at radius 2 is 2.00 bits per heavy atom. The Morgan fingerprint density at radius 3 is 2.47 bits per heavy atom. The number of nitrogens with zero attached hydrogens (tertiary/aromatic N) is 3. The lowest BCUT2D eigenvalue weighted by Crippen LogP contribution is -2.32. The van der Waals surface area contributed by atoms with Gasteiger partial charge < -0.3 is 15.1 Å². The van der Waals surface area contributed by atoms with E-state index in [9.17, 15) is 10.1 Å². The molecular weight excluding hydrogens is 244 g/mol. The summed E-state index contributed by atoms with van der Waals surface area (Å²) in [5.41, 5.74) is 1.89. The first-order chi connectivity index (χ1) is 8.99. The number of nitrogens with one attached hydrogen (secondary N) is 1. The third-order valence-corrected chi connectivity index (χ3v) is 3.00. The van der Waals surface area contributed by atoms with E-state index < -0.39 is 0 Å². The number of nitro benzene ring substituents is 1. The number of non-ortho nitro benzene ring substituents is 1. The molecule has 0 atom stereocenters. The van der Waals surface area contributed by atoms with Crippen LogP contribution >= 0.6 is 0 Å². The molecule has 106 valence electrons. The highest BCUT2D eigenvalue weighted by atomic mass is 16.6. The molecule has 0 fully saturated rings. The number of benzene rings is 1. The SMILES string of the molecule is CCN(CCN(C)C)c1ccc([N+](=O)[O-])cc1NC. The maximum Gasteiger partial charge on any atom is 0.271 e. The number of rotatable bonds is 7. The maximum absolute atomic E-state index is 10.8. The summed E-state index contributed by atoms with van der Waals surface area (Å²) in [6.07, 6.45) is 0. The summed E-state index contributed by atoms with van der Waals surface area (Å²) in [7, 11) is 5.84. The first-order valence-corrected chi connectivity index (χ1v) is 6.35. The van der Waals surface area contributed by atoms with Crippen molar-refractivity contribution >= 4 is 17.1 Å². The molecule has 6 heteroatoms. The molecule has 1 aromatic carbocycles. The van der Waals surface area contributed by atoms with Crippen LogP contribution in [-0.2, 0) is 0 Å². The number of likely N-dealkylation sites (N-methyl/N-ethyl adjacent to an activating group) is 2. The predicted octanol–water partition coefficient (Wildman–Crippen LogP) is 2.02. The normalized spacial score (nSPS) is 10.6. The molecule has 0 radical (unpaired) electrons. The average Bonchev–Trinajstić information content (AvgIpc) is 2.39. The summed E-state index contributed by atoms with van der Waals surface area (Å²) in [6, 6.07) is 4.94. The van der Waals surface area contributed by atoms with Gasteiger partial charge in [-0.3, -0.25) is 10.1 Å². The van der Waals surface area contributed by atoms with Crippen molar-refractivity contribution in [3.05, 3.63) is 28.3 Å². The Bertz CT molecular complexity index is 435. The fourth-order valence-corrected chi connectivity index (χ4v) is 1.88. The minimum absolute atomic E-state index is 0.108. The monoisotopic (exact) mass is 266 g/mol. The molecule has 1 N–H and O–H groups in total. The van der Waals surface area contributed by atoms with Gasteiger partial charge in [-0.25, -0.2) is 0 Å². The predicted molar refractivity (Wildman–Crippen MR) is 79.1 cm³/mol. The highest BCUT2D eigenvalue weighted by Crippen LogP contribution is 2.29. The van der Waals surface area contributed by atoms with E-state index in [1.165, 1.54) is 0 Å². The van der Waals surface area contributed by atoms with Gasteiger partial charge in [0.05, 0.1) is 16.3 Å². The van der Waals surface area contributed by atoms with Crippen molar-refractivity contribution in [2.75, 3.05) is 51.0 Å². The molecule has 0 aliphatic carbocycles. The maximum atomic E-state index is 10.8. The molecule has 0 unspecified atom stereocenters. The third kappa shape index (κ3) is 4.10. The summed E-state index contributed by atoms with van der Waals surface area (Å²) < 4.78 is 0. The van der Waals surface area contributed by atoms with Gasteiger partial charge in [-0.1, -0.05) is 0 Å². The largest absolute Gasteiger partial charge is 0.386 e. The van der Waals surface area contributed by atoms with E-state index in [4.69, 9.17) is 0 Å². The van der Waals surface area contributed by atoms with E-state index in [0.29, 0.717) is 0 Å². The van der Waals surface area contributed by atoms with Crippen molar-refractivity contribution in [3.63, 3.8) is 0 Å². The molecule has 0 saturated carbocycles. The smallest absolute Gasteiger partial charge is 0.271 e. The van der Waals surface area contributed by atoms with Crippen molar-refractivity contribution in [1.29, 1.82) is 0 Å². The lowest BCUT2D eigenvalue weighted by atomic mass is 10.2. The highest BCUT2D eigenvalue weighted by Gasteiger charge is 2.14. The second-order valence-electron chi connectivity index (χ2n) is 4.59. The molecule has 1 aromatic rings. The second kappa shape index (κ2) is 6.94. The molecular formula is C13H22N4O2. The lowest BCUT2D eigenvalue weighted by molar-refractivity contribution is -0.384. The van der Waals surface area contributed by atoms with E-state index in [2.05, 4.69) is 22.0 Å². The molecule has 0 aliphatic heterocycles. The third-order valence-electron chi connectivity index (χ3n) is 3.00. The van der Waals surface area contributed by atoms with Crippen LogP contribution in [0.2, 0.25) is 0 Å². The zero-order valence-electron chi connectivity index (χ0n) is 12.0. The molecule has 0 heterocycles. The van der Waals surface area contributed by atoms with Gasteiger partial charge in [-0.15, -0.1) is 0 Å². The quantitative estimate of drug-likeness (QED) is 0.604. The van der Waals surface area contributed by atoms with Crippen LogP contribution in [0, 0.1) is 10.1 Å². The van der Waals surface area contributed by atoms with Crippen molar-refractivity contribution in [1.82, 2.24) is 4.90 Å². The van der Waals surface area contributed by atoms with Gasteiger partial charge >= 0.3 is 0 Å². The second-order valence-corrected chi connectivity index (χ2v) is 4.59.